The minimum atomic E-state index is -0.550. The molecule has 0 unspecified atom stereocenters. The third kappa shape index (κ3) is 6.45. The molecule has 2 aliphatic rings. The van der Waals surface area contributed by atoms with Gasteiger partial charge in [-0.15, -0.1) is 0 Å². The fourth-order valence-corrected chi connectivity index (χ4v) is 5.95. The van der Waals surface area contributed by atoms with E-state index in [-0.39, 0.29) is 12.1 Å². The van der Waals surface area contributed by atoms with E-state index in [1.807, 2.05) is 45.2 Å². The van der Waals surface area contributed by atoms with Crippen LogP contribution in [-0.4, -0.2) is 101 Å². The zero-order valence-electron chi connectivity index (χ0n) is 25.3. The summed E-state index contributed by atoms with van der Waals surface area (Å²) >= 11 is 0. The van der Waals surface area contributed by atoms with Gasteiger partial charge in [0.05, 0.1) is 30.1 Å². The van der Waals surface area contributed by atoms with Gasteiger partial charge >= 0.3 is 6.09 Å². The fraction of sp³-hybridized carbons (Fsp3) is 0.548. The molecule has 0 spiro atoms. The number of nitrogens with one attached hydrogen (secondary N) is 1. The van der Waals surface area contributed by atoms with Crippen LogP contribution < -0.4 is 15.0 Å². The van der Waals surface area contributed by atoms with Crippen LogP contribution in [0.5, 0.6) is 5.75 Å². The van der Waals surface area contributed by atoms with Gasteiger partial charge in [0, 0.05) is 81.5 Å². The van der Waals surface area contributed by atoms with Gasteiger partial charge in [-0.3, -0.25) is 4.90 Å². The van der Waals surface area contributed by atoms with Gasteiger partial charge in [0.15, 0.2) is 0 Å². The Morgan fingerprint density at radius 2 is 2.00 bits per heavy atom. The molecule has 2 aliphatic heterocycles. The number of nitriles is 1. The van der Waals surface area contributed by atoms with Gasteiger partial charge in [-0.25, -0.2) is 14.3 Å². The van der Waals surface area contributed by atoms with Crippen LogP contribution in [0.2, 0.25) is 0 Å². The highest BCUT2D eigenvalue weighted by Crippen LogP contribution is 2.34. The highest BCUT2D eigenvalue weighted by atomic mass is 16.6. The van der Waals surface area contributed by atoms with Crippen LogP contribution in [0.1, 0.15) is 46.1 Å². The van der Waals surface area contributed by atoms with Crippen molar-refractivity contribution < 1.29 is 14.3 Å². The number of carbonyl (C=O) groups excluding carboxylic acids is 1. The van der Waals surface area contributed by atoms with Crippen molar-refractivity contribution in [3.05, 3.63) is 42.4 Å². The summed E-state index contributed by atoms with van der Waals surface area (Å²) in [5, 5.41) is 16.9. The molecule has 2 fully saturated rings. The van der Waals surface area contributed by atoms with Crippen LogP contribution in [0.25, 0.3) is 16.6 Å². The molecule has 224 valence electrons. The second kappa shape index (κ2) is 12.5. The van der Waals surface area contributed by atoms with E-state index in [1.54, 1.807) is 16.9 Å². The molecule has 42 heavy (non-hydrogen) atoms. The van der Waals surface area contributed by atoms with Crippen molar-refractivity contribution >= 4 is 17.4 Å². The first kappa shape index (κ1) is 29.6. The number of hydrogen-bond donors (Lipinski definition) is 1. The molecule has 5 rings (SSSR count). The summed E-state index contributed by atoms with van der Waals surface area (Å²) in [7, 11) is 2.16. The van der Waals surface area contributed by atoms with Gasteiger partial charge in [0.2, 0.25) is 0 Å². The smallest absolute Gasteiger partial charge is 0.407 e. The van der Waals surface area contributed by atoms with Crippen LogP contribution in [0, 0.1) is 11.3 Å². The number of fused-ring (bicyclic) bond motifs is 1. The SMILES string of the molecule is CCOc1cc(-c2ccc(N3CCC(CN4CCN(C)[C@@H](C)C4)(OC(=O)NC(C)C)CC3)nc2)c2c(C#N)cnn2c1. The predicted octanol–water partition coefficient (Wildman–Crippen LogP) is 3.78. The van der Waals surface area contributed by atoms with Gasteiger partial charge in [-0.1, -0.05) is 0 Å². The lowest BCUT2D eigenvalue weighted by Crippen LogP contribution is -2.59. The number of amides is 1. The number of hydrogen-bond acceptors (Lipinski definition) is 9. The lowest BCUT2D eigenvalue weighted by molar-refractivity contribution is -0.0440. The van der Waals surface area contributed by atoms with Crippen LogP contribution >= 0.6 is 0 Å². The van der Waals surface area contributed by atoms with E-state index in [4.69, 9.17) is 14.5 Å². The molecule has 3 aromatic heterocycles. The van der Waals surface area contributed by atoms with Crippen molar-refractivity contribution in [2.45, 2.75) is 58.2 Å². The zero-order valence-corrected chi connectivity index (χ0v) is 25.3. The number of ether oxygens (including phenoxy) is 2. The van der Waals surface area contributed by atoms with Crippen molar-refractivity contribution in [3.63, 3.8) is 0 Å². The average Bonchev–Trinajstić information content (AvgIpc) is 3.38. The van der Waals surface area contributed by atoms with E-state index < -0.39 is 5.60 Å². The Bertz CT molecular complexity index is 1420. The molecule has 0 aliphatic carbocycles. The number of piperidine rings is 1. The molecular formula is C31H42N8O3. The summed E-state index contributed by atoms with van der Waals surface area (Å²) in [4.78, 5) is 24.7. The number of likely N-dealkylation sites (N-methyl/N-ethyl adjacent to an activating group) is 1. The van der Waals surface area contributed by atoms with Crippen LogP contribution in [0.15, 0.2) is 36.8 Å². The van der Waals surface area contributed by atoms with Crippen molar-refractivity contribution in [3.8, 4) is 22.9 Å². The van der Waals surface area contributed by atoms with Gasteiger partial charge in [-0.05, 0) is 52.9 Å². The normalized spacial score (nSPS) is 19.5. The van der Waals surface area contributed by atoms with Crippen LogP contribution in [0.3, 0.4) is 0 Å². The Morgan fingerprint density at radius 1 is 1.21 bits per heavy atom. The first-order valence-electron chi connectivity index (χ1n) is 14.9. The molecule has 5 heterocycles. The number of alkyl carbamates (subject to hydrolysis) is 1. The molecule has 1 atom stereocenters. The number of piperazine rings is 1. The number of rotatable bonds is 8. The maximum absolute atomic E-state index is 12.8. The molecule has 1 N–H and O–H groups in total. The molecule has 0 saturated carbocycles. The number of carbonyl (C=O) groups is 1. The van der Waals surface area contributed by atoms with Gasteiger partial charge in [0.1, 0.15) is 23.2 Å². The van der Waals surface area contributed by atoms with Gasteiger partial charge in [0.25, 0.3) is 0 Å². The molecular weight excluding hydrogens is 532 g/mol. The third-order valence-electron chi connectivity index (χ3n) is 8.35. The maximum Gasteiger partial charge on any atom is 0.407 e. The topological polar surface area (TPSA) is 111 Å². The number of pyridine rings is 2. The maximum atomic E-state index is 12.8. The molecule has 1 amide bonds. The summed E-state index contributed by atoms with van der Waals surface area (Å²) < 4.78 is 13.6. The fourth-order valence-electron chi connectivity index (χ4n) is 5.95. The van der Waals surface area contributed by atoms with Crippen molar-refractivity contribution in [1.29, 1.82) is 5.26 Å². The molecule has 3 aromatic rings. The summed E-state index contributed by atoms with van der Waals surface area (Å²) in [5.74, 6) is 1.55. The lowest BCUT2D eigenvalue weighted by Gasteiger charge is -2.46. The first-order valence-corrected chi connectivity index (χ1v) is 14.9. The van der Waals surface area contributed by atoms with E-state index in [0.29, 0.717) is 24.0 Å². The largest absolute Gasteiger partial charge is 0.492 e. The molecule has 0 aromatic carbocycles. The highest BCUT2D eigenvalue weighted by Gasteiger charge is 2.41. The highest BCUT2D eigenvalue weighted by molar-refractivity contribution is 5.85. The van der Waals surface area contributed by atoms with E-state index in [2.05, 4.69) is 45.2 Å². The van der Waals surface area contributed by atoms with E-state index in [1.165, 1.54) is 0 Å². The molecule has 0 radical (unpaired) electrons. The average molecular weight is 575 g/mol. The Labute approximate surface area is 248 Å². The summed E-state index contributed by atoms with van der Waals surface area (Å²) in [6, 6.07) is 8.70. The van der Waals surface area contributed by atoms with E-state index in [9.17, 15) is 10.1 Å². The molecule has 0 bridgehead atoms. The summed E-state index contributed by atoms with van der Waals surface area (Å²) in [5.41, 5.74) is 2.41. The Morgan fingerprint density at radius 3 is 2.64 bits per heavy atom. The standard InChI is InChI=1S/C31H42N8O3/c1-6-41-26-15-27(29-25(16-32)18-34-39(29)20-26)24-7-8-28(33-17-24)38-11-9-31(10-12-38,42-30(40)35-22(2)3)21-37-14-13-36(5)23(4)19-37/h7-8,15,17-18,20,22-23H,6,9-14,19,21H2,1-5H3,(H,35,40)/t23-/m0/s1. The Hall–Kier alpha value is -3.88. The number of nitrogens with zero attached hydrogens (tertiary/aromatic N) is 7. The summed E-state index contributed by atoms with van der Waals surface area (Å²) in [6.45, 7) is 13.7. The molecule has 11 nitrogen and oxygen atoms in total. The number of aromatic nitrogens is 3. The first-order chi connectivity index (χ1) is 20.2. The monoisotopic (exact) mass is 574 g/mol. The molecule has 11 heteroatoms. The van der Waals surface area contributed by atoms with E-state index >= 15 is 0 Å². The van der Waals surface area contributed by atoms with Gasteiger partial charge < -0.3 is 24.6 Å². The second-order valence-corrected chi connectivity index (χ2v) is 11.8. The van der Waals surface area contributed by atoms with Crippen LogP contribution in [-0.2, 0) is 4.74 Å². The quantitative estimate of drug-likeness (QED) is 0.430. The second-order valence-electron chi connectivity index (χ2n) is 11.8. The lowest BCUT2D eigenvalue weighted by atomic mass is 9.89. The van der Waals surface area contributed by atoms with Crippen LogP contribution in [0.4, 0.5) is 10.6 Å². The predicted molar refractivity (Wildman–Crippen MR) is 162 cm³/mol. The van der Waals surface area contributed by atoms with Crippen molar-refractivity contribution in [2.75, 3.05) is 57.8 Å². The molecule has 2 saturated heterocycles. The number of anilines is 1. The van der Waals surface area contributed by atoms with E-state index in [0.717, 1.165) is 74.6 Å². The summed E-state index contributed by atoms with van der Waals surface area (Å²) in [6.07, 6.45) is 6.30. The van der Waals surface area contributed by atoms with Crippen molar-refractivity contribution in [1.82, 2.24) is 29.7 Å². The van der Waals surface area contributed by atoms with Gasteiger partial charge in [-0.2, -0.15) is 10.4 Å². The van der Waals surface area contributed by atoms with Crippen molar-refractivity contribution in [2.24, 2.45) is 0 Å². The Balaban J connectivity index is 1.33. The third-order valence-corrected chi connectivity index (χ3v) is 8.35. The zero-order chi connectivity index (χ0) is 29.9. The minimum Gasteiger partial charge on any atom is -0.492 e. The minimum absolute atomic E-state index is 0.0169. The Kier molecular flexibility index (Phi) is 8.85.